The van der Waals surface area contributed by atoms with E-state index in [1.165, 1.54) is 0 Å². The molecule has 5 nitrogen and oxygen atoms in total. The van der Waals surface area contributed by atoms with Crippen LogP contribution in [0, 0.1) is 5.92 Å². The lowest BCUT2D eigenvalue weighted by Crippen LogP contribution is -2.49. The second kappa shape index (κ2) is 8.30. The van der Waals surface area contributed by atoms with Gasteiger partial charge in [0.15, 0.2) is 0 Å². The summed E-state index contributed by atoms with van der Waals surface area (Å²) in [5, 5.41) is 12.0. The van der Waals surface area contributed by atoms with Gasteiger partial charge in [-0.1, -0.05) is 6.92 Å². The van der Waals surface area contributed by atoms with E-state index in [1.807, 2.05) is 18.7 Å². The van der Waals surface area contributed by atoms with Gasteiger partial charge in [-0.05, 0) is 37.7 Å². The molecule has 6 heteroatoms. The van der Waals surface area contributed by atoms with E-state index in [4.69, 9.17) is 5.11 Å². The zero-order valence-corrected chi connectivity index (χ0v) is 12.5. The average Bonchev–Trinajstić information content (AvgIpc) is 2.39. The molecule has 0 radical (unpaired) electrons. The van der Waals surface area contributed by atoms with Gasteiger partial charge in [0, 0.05) is 19.1 Å². The van der Waals surface area contributed by atoms with Crippen LogP contribution in [0.2, 0.25) is 0 Å². The SMILES string of the molecule is CCSCCC(C)NC(=O)N1CCC[C@H](C(=O)O)C1. The Morgan fingerprint density at radius 1 is 1.53 bits per heavy atom. The third-order valence-corrected chi connectivity index (χ3v) is 4.26. The number of hydrogen-bond acceptors (Lipinski definition) is 3. The average molecular weight is 288 g/mol. The van der Waals surface area contributed by atoms with Gasteiger partial charge in [-0.15, -0.1) is 0 Å². The van der Waals surface area contributed by atoms with Crippen molar-refractivity contribution < 1.29 is 14.7 Å². The highest BCUT2D eigenvalue weighted by atomic mass is 32.2. The molecule has 2 N–H and O–H groups in total. The number of aliphatic carboxylic acids is 1. The van der Waals surface area contributed by atoms with Crippen LogP contribution in [0.3, 0.4) is 0 Å². The van der Waals surface area contributed by atoms with Crippen LogP contribution in [0.15, 0.2) is 0 Å². The van der Waals surface area contributed by atoms with E-state index >= 15 is 0 Å². The molecule has 0 aromatic heterocycles. The van der Waals surface area contributed by atoms with Crippen molar-refractivity contribution in [2.75, 3.05) is 24.6 Å². The first-order valence-corrected chi connectivity index (χ1v) is 8.06. The van der Waals surface area contributed by atoms with Crippen molar-refractivity contribution >= 4 is 23.8 Å². The molecular formula is C13H24N2O3S. The number of nitrogens with zero attached hydrogens (tertiary/aromatic N) is 1. The summed E-state index contributed by atoms with van der Waals surface area (Å²) in [6, 6.07) is 0.0108. The van der Waals surface area contributed by atoms with Crippen molar-refractivity contribution in [1.29, 1.82) is 0 Å². The number of hydrogen-bond donors (Lipinski definition) is 2. The second-order valence-corrected chi connectivity index (χ2v) is 6.35. The molecule has 1 saturated heterocycles. The molecule has 0 aromatic carbocycles. The van der Waals surface area contributed by atoms with Crippen molar-refractivity contribution in [3.63, 3.8) is 0 Å². The molecule has 0 spiro atoms. The van der Waals surface area contributed by atoms with E-state index in [0.29, 0.717) is 19.5 Å². The number of carboxylic acids is 1. The minimum atomic E-state index is -0.801. The molecule has 1 unspecified atom stereocenters. The van der Waals surface area contributed by atoms with Gasteiger partial charge in [-0.2, -0.15) is 11.8 Å². The summed E-state index contributed by atoms with van der Waals surface area (Å²) in [5.74, 6) is 0.915. The van der Waals surface area contributed by atoms with Crippen molar-refractivity contribution in [3.8, 4) is 0 Å². The molecule has 1 aliphatic heterocycles. The topological polar surface area (TPSA) is 69.6 Å². The van der Waals surface area contributed by atoms with Crippen LogP contribution in [-0.2, 0) is 4.79 Å². The molecule has 0 aliphatic carbocycles. The number of carbonyl (C=O) groups is 2. The van der Waals surface area contributed by atoms with Crippen molar-refractivity contribution in [1.82, 2.24) is 10.2 Å². The number of carbonyl (C=O) groups excluding carboxylic acids is 1. The number of likely N-dealkylation sites (tertiary alicyclic amines) is 1. The van der Waals surface area contributed by atoms with Crippen molar-refractivity contribution in [2.45, 2.75) is 39.2 Å². The molecule has 19 heavy (non-hydrogen) atoms. The molecule has 1 heterocycles. The zero-order valence-electron chi connectivity index (χ0n) is 11.7. The van der Waals surface area contributed by atoms with Gasteiger partial charge in [-0.25, -0.2) is 4.79 Å². The summed E-state index contributed by atoms with van der Waals surface area (Å²) in [6.07, 6.45) is 2.38. The van der Waals surface area contributed by atoms with Crippen molar-refractivity contribution in [3.05, 3.63) is 0 Å². The fraction of sp³-hybridized carbons (Fsp3) is 0.846. The molecule has 0 aromatic rings. The first-order chi connectivity index (χ1) is 9.04. The standard InChI is InChI=1S/C13H24N2O3S/c1-3-19-8-6-10(2)14-13(18)15-7-4-5-11(9-15)12(16)17/h10-11H,3-9H2,1-2H3,(H,14,18)(H,16,17)/t10?,11-/m0/s1. The third kappa shape index (κ3) is 5.72. The van der Waals surface area contributed by atoms with E-state index in [9.17, 15) is 9.59 Å². The Morgan fingerprint density at radius 2 is 2.26 bits per heavy atom. The lowest BCUT2D eigenvalue weighted by molar-refractivity contribution is -0.143. The molecule has 0 saturated carbocycles. The highest BCUT2D eigenvalue weighted by Crippen LogP contribution is 2.16. The van der Waals surface area contributed by atoms with E-state index < -0.39 is 11.9 Å². The highest BCUT2D eigenvalue weighted by molar-refractivity contribution is 7.99. The minimum Gasteiger partial charge on any atom is -0.481 e. The number of urea groups is 1. The Balaban J connectivity index is 2.33. The molecule has 2 amide bonds. The van der Waals surface area contributed by atoms with E-state index in [2.05, 4.69) is 12.2 Å². The molecular weight excluding hydrogens is 264 g/mol. The number of rotatable bonds is 6. The first-order valence-electron chi connectivity index (χ1n) is 6.90. The van der Waals surface area contributed by atoms with Gasteiger partial charge >= 0.3 is 12.0 Å². The number of carboxylic acid groups (broad SMARTS) is 1. The normalized spacial score (nSPS) is 20.9. The molecule has 1 rings (SSSR count). The Hall–Kier alpha value is -0.910. The molecule has 2 atom stereocenters. The maximum atomic E-state index is 12.0. The summed E-state index contributed by atoms with van der Waals surface area (Å²) in [5.41, 5.74) is 0. The highest BCUT2D eigenvalue weighted by Gasteiger charge is 2.28. The Kier molecular flexibility index (Phi) is 7.05. The number of nitrogens with one attached hydrogen (secondary N) is 1. The van der Waals surface area contributed by atoms with E-state index in [1.54, 1.807) is 4.90 Å². The maximum absolute atomic E-state index is 12.0. The summed E-state index contributed by atoms with van der Waals surface area (Å²) in [7, 11) is 0. The molecule has 110 valence electrons. The zero-order chi connectivity index (χ0) is 14.3. The van der Waals surface area contributed by atoms with Crippen LogP contribution in [0.1, 0.15) is 33.1 Å². The van der Waals surface area contributed by atoms with Crippen molar-refractivity contribution in [2.24, 2.45) is 5.92 Å². The van der Waals surface area contributed by atoms with E-state index in [0.717, 1.165) is 24.3 Å². The fourth-order valence-electron chi connectivity index (χ4n) is 2.14. The number of thioether (sulfide) groups is 1. The van der Waals surface area contributed by atoms with Gasteiger partial charge in [0.2, 0.25) is 0 Å². The summed E-state index contributed by atoms with van der Waals surface area (Å²) in [6.45, 7) is 5.10. The minimum absolute atomic E-state index is 0.125. The van der Waals surface area contributed by atoms with Gasteiger partial charge < -0.3 is 15.3 Å². The molecule has 0 bridgehead atoms. The predicted molar refractivity (Wildman–Crippen MR) is 77.5 cm³/mol. The van der Waals surface area contributed by atoms with Crippen LogP contribution in [0.5, 0.6) is 0 Å². The van der Waals surface area contributed by atoms with Crippen LogP contribution < -0.4 is 5.32 Å². The first kappa shape index (κ1) is 16.1. The van der Waals surface area contributed by atoms with Gasteiger partial charge in [0.25, 0.3) is 0 Å². The molecule has 1 fully saturated rings. The Bertz CT molecular complexity index is 312. The number of amides is 2. The van der Waals surface area contributed by atoms with Crippen LogP contribution in [0.4, 0.5) is 4.79 Å². The van der Waals surface area contributed by atoms with Gasteiger partial charge in [0.05, 0.1) is 5.92 Å². The lowest BCUT2D eigenvalue weighted by Gasteiger charge is -2.31. The lowest BCUT2D eigenvalue weighted by atomic mass is 9.99. The summed E-state index contributed by atoms with van der Waals surface area (Å²) < 4.78 is 0. The smallest absolute Gasteiger partial charge is 0.317 e. The summed E-state index contributed by atoms with van der Waals surface area (Å²) in [4.78, 5) is 24.6. The monoisotopic (exact) mass is 288 g/mol. The second-order valence-electron chi connectivity index (χ2n) is 4.96. The van der Waals surface area contributed by atoms with Gasteiger partial charge in [0.1, 0.15) is 0 Å². The van der Waals surface area contributed by atoms with Gasteiger partial charge in [-0.3, -0.25) is 4.79 Å². The molecule has 1 aliphatic rings. The number of piperidine rings is 1. The largest absolute Gasteiger partial charge is 0.481 e. The Labute approximate surface area is 119 Å². The van der Waals surface area contributed by atoms with Crippen LogP contribution in [-0.4, -0.2) is 52.6 Å². The predicted octanol–water partition coefficient (Wildman–Crippen LogP) is 2.02. The fourth-order valence-corrected chi connectivity index (χ4v) is 2.95. The quantitative estimate of drug-likeness (QED) is 0.734. The summed E-state index contributed by atoms with van der Waals surface area (Å²) >= 11 is 1.86. The third-order valence-electron chi connectivity index (χ3n) is 3.33. The van der Waals surface area contributed by atoms with Crippen LogP contribution in [0.25, 0.3) is 0 Å². The van der Waals surface area contributed by atoms with Crippen LogP contribution >= 0.6 is 11.8 Å². The maximum Gasteiger partial charge on any atom is 0.317 e. The Morgan fingerprint density at radius 3 is 2.89 bits per heavy atom. The van der Waals surface area contributed by atoms with E-state index in [-0.39, 0.29) is 12.1 Å².